The molecule has 5 nitrogen and oxygen atoms in total. The van der Waals surface area contributed by atoms with Crippen molar-refractivity contribution < 1.29 is 4.79 Å². The van der Waals surface area contributed by atoms with Crippen LogP contribution in [0.1, 0.15) is 12.0 Å². The molecule has 3 rings (SSSR count). The van der Waals surface area contributed by atoms with E-state index in [0.717, 1.165) is 43.1 Å². The summed E-state index contributed by atoms with van der Waals surface area (Å²) in [6, 6.07) is 7.74. The highest BCUT2D eigenvalue weighted by atomic mass is 35.5. The van der Waals surface area contributed by atoms with Crippen molar-refractivity contribution in [3.63, 3.8) is 0 Å². The Labute approximate surface area is 141 Å². The van der Waals surface area contributed by atoms with Crippen LogP contribution in [-0.4, -0.2) is 35.1 Å². The zero-order valence-corrected chi connectivity index (χ0v) is 13.7. The second kappa shape index (κ2) is 7.15. The molecule has 23 heavy (non-hydrogen) atoms. The van der Waals surface area contributed by atoms with Crippen LogP contribution in [0, 0.1) is 5.41 Å². The number of rotatable bonds is 7. The van der Waals surface area contributed by atoms with Gasteiger partial charge in [-0.2, -0.15) is 0 Å². The molecule has 1 aromatic carbocycles. The number of carbonyl (C=O) groups is 1. The van der Waals surface area contributed by atoms with Crippen molar-refractivity contribution in [2.24, 2.45) is 5.41 Å². The van der Waals surface area contributed by atoms with E-state index < -0.39 is 0 Å². The molecule has 0 atom stereocenters. The van der Waals surface area contributed by atoms with E-state index in [0.29, 0.717) is 6.54 Å². The number of aryl methyl sites for hydroxylation is 1. The number of carbonyl (C=O) groups excluding carboxylic acids is 1. The quantitative estimate of drug-likeness (QED) is 0.761. The van der Waals surface area contributed by atoms with Gasteiger partial charge in [-0.05, 0) is 30.5 Å². The second-order valence-corrected chi connectivity index (χ2v) is 6.53. The van der Waals surface area contributed by atoms with Gasteiger partial charge < -0.3 is 15.2 Å². The Kier molecular flexibility index (Phi) is 4.98. The van der Waals surface area contributed by atoms with Crippen LogP contribution in [0.25, 0.3) is 0 Å². The zero-order chi connectivity index (χ0) is 16.1. The van der Waals surface area contributed by atoms with E-state index in [4.69, 9.17) is 11.6 Å². The predicted molar refractivity (Wildman–Crippen MR) is 90.3 cm³/mol. The van der Waals surface area contributed by atoms with E-state index in [1.54, 1.807) is 12.5 Å². The van der Waals surface area contributed by atoms with Gasteiger partial charge in [0.1, 0.15) is 0 Å². The molecular formula is C17H21ClN4O. The molecule has 1 aliphatic rings. The van der Waals surface area contributed by atoms with Crippen molar-refractivity contribution in [3.8, 4) is 0 Å². The first-order valence-electron chi connectivity index (χ1n) is 7.87. The average Bonchev–Trinajstić information content (AvgIpc) is 3.02. The molecule has 1 amide bonds. The van der Waals surface area contributed by atoms with Crippen molar-refractivity contribution in [2.45, 2.75) is 19.4 Å². The van der Waals surface area contributed by atoms with Crippen LogP contribution in [0.3, 0.4) is 0 Å². The first kappa shape index (κ1) is 16.0. The topological polar surface area (TPSA) is 59.0 Å². The number of nitrogens with one attached hydrogen (secondary N) is 2. The molecule has 1 aliphatic heterocycles. The second-order valence-electron chi connectivity index (χ2n) is 6.10. The van der Waals surface area contributed by atoms with Crippen LogP contribution in [0.5, 0.6) is 0 Å². The largest absolute Gasteiger partial charge is 0.355 e. The van der Waals surface area contributed by atoms with Gasteiger partial charge in [-0.3, -0.25) is 4.79 Å². The smallest absolute Gasteiger partial charge is 0.229 e. The predicted octanol–water partition coefficient (Wildman–Crippen LogP) is 1.88. The number of hydrogen-bond acceptors (Lipinski definition) is 3. The molecule has 0 unspecified atom stereocenters. The first-order chi connectivity index (χ1) is 11.2. The minimum Gasteiger partial charge on any atom is -0.355 e. The maximum atomic E-state index is 12.6. The molecule has 2 heterocycles. The van der Waals surface area contributed by atoms with Crippen LogP contribution in [0.15, 0.2) is 43.0 Å². The fraction of sp³-hybridized carbons (Fsp3) is 0.412. The van der Waals surface area contributed by atoms with Gasteiger partial charge in [-0.25, -0.2) is 4.98 Å². The first-order valence-corrected chi connectivity index (χ1v) is 8.25. The molecule has 0 spiro atoms. The molecular weight excluding hydrogens is 312 g/mol. The maximum Gasteiger partial charge on any atom is 0.229 e. The number of benzene rings is 1. The van der Waals surface area contributed by atoms with Gasteiger partial charge in [0.15, 0.2) is 0 Å². The minimum absolute atomic E-state index is 0.136. The lowest BCUT2D eigenvalue weighted by Gasteiger charge is -2.41. The van der Waals surface area contributed by atoms with Gasteiger partial charge in [0.2, 0.25) is 5.91 Å². The van der Waals surface area contributed by atoms with Crippen molar-refractivity contribution in [1.82, 2.24) is 20.2 Å². The van der Waals surface area contributed by atoms with E-state index in [9.17, 15) is 4.79 Å². The van der Waals surface area contributed by atoms with Crippen molar-refractivity contribution >= 4 is 17.5 Å². The summed E-state index contributed by atoms with van der Waals surface area (Å²) >= 11 is 5.92. The molecule has 0 radical (unpaired) electrons. The molecule has 2 N–H and O–H groups in total. The third-order valence-corrected chi connectivity index (χ3v) is 4.55. The maximum absolute atomic E-state index is 12.6. The Morgan fingerprint density at radius 1 is 1.35 bits per heavy atom. The zero-order valence-electron chi connectivity index (χ0n) is 13.0. The van der Waals surface area contributed by atoms with Crippen LogP contribution >= 0.6 is 11.6 Å². The van der Waals surface area contributed by atoms with E-state index in [2.05, 4.69) is 15.6 Å². The lowest BCUT2D eigenvalue weighted by Crippen LogP contribution is -2.62. The minimum atomic E-state index is -0.331. The molecule has 0 saturated carbocycles. The van der Waals surface area contributed by atoms with Crippen LogP contribution in [0.2, 0.25) is 5.02 Å². The standard InChI is InChI=1S/C17H21ClN4O/c18-15-4-2-14(3-5-15)10-17(11-20-12-17)16(23)21-6-1-8-22-9-7-19-13-22/h2-5,7,9,13,20H,1,6,8,10-12H2,(H,21,23). The van der Waals surface area contributed by atoms with Crippen LogP contribution in [-0.2, 0) is 17.8 Å². The average molecular weight is 333 g/mol. The normalized spacial score (nSPS) is 15.9. The number of amides is 1. The van der Waals surface area contributed by atoms with Crippen molar-refractivity contribution in [3.05, 3.63) is 53.6 Å². The van der Waals surface area contributed by atoms with Gasteiger partial charge in [-0.15, -0.1) is 0 Å². The molecule has 1 saturated heterocycles. The Hall–Kier alpha value is -1.85. The number of imidazole rings is 1. The van der Waals surface area contributed by atoms with E-state index in [1.807, 2.05) is 35.0 Å². The van der Waals surface area contributed by atoms with Gasteiger partial charge in [0.05, 0.1) is 11.7 Å². The third kappa shape index (κ3) is 3.92. The Balaban J connectivity index is 1.50. The van der Waals surface area contributed by atoms with Crippen LogP contribution in [0.4, 0.5) is 0 Å². The molecule has 122 valence electrons. The summed E-state index contributed by atoms with van der Waals surface area (Å²) in [5, 5.41) is 7.03. The Morgan fingerprint density at radius 3 is 2.74 bits per heavy atom. The van der Waals surface area contributed by atoms with Gasteiger partial charge in [-0.1, -0.05) is 23.7 Å². The summed E-state index contributed by atoms with van der Waals surface area (Å²) in [4.78, 5) is 16.6. The van der Waals surface area contributed by atoms with Crippen LogP contribution < -0.4 is 10.6 Å². The molecule has 1 fully saturated rings. The lowest BCUT2D eigenvalue weighted by molar-refractivity contribution is -0.133. The van der Waals surface area contributed by atoms with Gasteiger partial charge in [0.25, 0.3) is 0 Å². The van der Waals surface area contributed by atoms with Crippen molar-refractivity contribution in [1.29, 1.82) is 0 Å². The highest BCUT2D eigenvalue weighted by Crippen LogP contribution is 2.28. The summed E-state index contributed by atoms with van der Waals surface area (Å²) in [6.07, 6.45) is 7.12. The molecule has 0 bridgehead atoms. The summed E-state index contributed by atoms with van der Waals surface area (Å²) in [7, 11) is 0. The van der Waals surface area contributed by atoms with E-state index in [-0.39, 0.29) is 11.3 Å². The highest BCUT2D eigenvalue weighted by Gasteiger charge is 2.43. The molecule has 0 aliphatic carbocycles. The fourth-order valence-electron chi connectivity index (χ4n) is 2.86. The Bertz CT molecular complexity index is 635. The lowest BCUT2D eigenvalue weighted by atomic mass is 9.75. The summed E-state index contributed by atoms with van der Waals surface area (Å²) in [6.45, 7) is 2.99. The fourth-order valence-corrected chi connectivity index (χ4v) is 2.98. The summed E-state index contributed by atoms with van der Waals surface area (Å²) < 4.78 is 2.01. The van der Waals surface area contributed by atoms with Gasteiger partial charge >= 0.3 is 0 Å². The van der Waals surface area contributed by atoms with Gasteiger partial charge in [0, 0.05) is 43.6 Å². The SMILES string of the molecule is O=C(NCCCn1ccnc1)C1(Cc2ccc(Cl)cc2)CNC1. The Morgan fingerprint density at radius 2 is 2.13 bits per heavy atom. The third-order valence-electron chi connectivity index (χ3n) is 4.30. The summed E-state index contributed by atoms with van der Waals surface area (Å²) in [5.41, 5.74) is 0.813. The van der Waals surface area contributed by atoms with Crippen molar-refractivity contribution in [2.75, 3.05) is 19.6 Å². The monoisotopic (exact) mass is 332 g/mol. The van der Waals surface area contributed by atoms with E-state index in [1.165, 1.54) is 0 Å². The summed E-state index contributed by atoms with van der Waals surface area (Å²) in [5.74, 6) is 0.136. The number of hydrogen-bond donors (Lipinski definition) is 2. The molecule has 6 heteroatoms. The molecule has 1 aromatic heterocycles. The van der Waals surface area contributed by atoms with E-state index >= 15 is 0 Å². The number of aromatic nitrogens is 2. The number of halogens is 1. The molecule has 2 aromatic rings. The highest BCUT2D eigenvalue weighted by molar-refractivity contribution is 6.30. The number of nitrogens with zero attached hydrogens (tertiary/aromatic N) is 2.